The molecule has 0 amide bonds. The van der Waals surface area contributed by atoms with E-state index < -0.39 is 0 Å². The van der Waals surface area contributed by atoms with Crippen molar-refractivity contribution in [2.45, 2.75) is 38.3 Å². The van der Waals surface area contributed by atoms with Gasteiger partial charge in [0.2, 0.25) is 0 Å². The number of benzene rings is 1. The van der Waals surface area contributed by atoms with Crippen molar-refractivity contribution < 1.29 is 9.53 Å². The van der Waals surface area contributed by atoms with E-state index in [0.717, 1.165) is 77.3 Å². The predicted molar refractivity (Wildman–Crippen MR) is 139 cm³/mol. The second-order valence-corrected chi connectivity index (χ2v) is 10.0. The van der Waals surface area contributed by atoms with Crippen LogP contribution >= 0.6 is 0 Å². The van der Waals surface area contributed by atoms with Crippen molar-refractivity contribution in [2.75, 3.05) is 25.5 Å². The number of esters is 1. The number of anilines is 1. The summed E-state index contributed by atoms with van der Waals surface area (Å²) >= 11 is 0. The minimum atomic E-state index is -0.0486. The van der Waals surface area contributed by atoms with Gasteiger partial charge in [-0.3, -0.25) is 14.8 Å². The van der Waals surface area contributed by atoms with E-state index in [4.69, 9.17) is 4.74 Å². The third-order valence-electron chi connectivity index (χ3n) is 7.21. The topological polar surface area (TPSA) is 96.0 Å². The van der Waals surface area contributed by atoms with Gasteiger partial charge in [0.25, 0.3) is 0 Å². The monoisotopic (exact) mass is 482 g/mol. The largest absolute Gasteiger partial charge is 0.461 e. The number of aromatic nitrogens is 4. The molecule has 2 N–H and O–H groups in total. The molecule has 0 bridgehead atoms. The number of hydrogen-bond donors (Lipinski definition) is 2. The highest BCUT2D eigenvalue weighted by atomic mass is 16.5. The Morgan fingerprint density at radius 1 is 1.17 bits per heavy atom. The fraction of sp³-hybridized carbons (Fsp3) is 0.357. The van der Waals surface area contributed by atoms with Crippen LogP contribution in [0.15, 0.2) is 55.0 Å². The Morgan fingerprint density at radius 2 is 2.06 bits per heavy atom. The van der Waals surface area contributed by atoms with Crippen molar-refractivity contribution >= 4 is 22.6 Å². The van der Waals surface area contributed by atoms with Crippen molar-refractivity contribution in [3.05, 3.63) is 60.7 Å². The van der Waals surface area contributed by atoms with Crippen molar-refractivity contribution in [3.63, 3.8) is 0 Å². The Labute approximate surface area is 210 Å². The number of carbonyl (C=O) groups excluding carboxylic acids is 1. The number of carbonyl (C=O) groups is 1. The standard InChI is InChI=1S/C28H30N6O2/c1-17-4-3-5-25(32-17)27-26(30-16-31-27)18-6-7-24-19(10-18)11-22(14-29-24)33-21-12-20(13-21)28(35)36-23-8-9-34(2)15-23/h3-7,10-11,14,16,20-21,23,33H,8-9,12-13,15H2,1-2H3,(H,30,31)/t20-,21+,23-/m0/s1. The number of nitrogens with zero attached hydrogens (tertiary/aromatic N) is 4. The Kier molecular flexibility index (Phi) is 5.89. The summed E-state index contributed by atoms with van der Waals surface area (Å²) in [5.74, 6) is -0.0609. The van der Waals surface area contributed by atoms with Gasteiger partial charge in [0.15, 0.2) is 0 Å². The van der Waals surface area contributed by atoms with Gasteiger partial charge in [-0.25, -0.2) is 4.98 Å². The molecule has 0 radical (unpaired) electrons. The molecular weight excluding hydrogens is 452 g/mol. The zero-order chi connectivity index (χ0) is 24.6. The van der Waals surface area contributed by atoms with Crippen molar-refractivity contribution in [1.82, 2.24) is 24.8 Å². The maximum atomic E-state index is 12.5. The molecule has 0 unspecified atom stereocenters. The molecule has 2 aliphatic rings. The van der Waals surface area contributed by atoms with Crippen molar-refractivity contribution in [1.29, 1.82) is 0 Å². The first-order chi connectivity index (χ1) is 17.5. The number of ether oxygens (including phenoxy) is 1. The van der Waals surface area contributed by atoms with E-state index in [0.29, 0.717) is 0 Å². The smallest absolute Gasteiger partial charge is 0.309 e. The molecule has 36 heavy (non-hydrogen) atoms. The predicted octanol–water partition coefficient (Wildman–Crippen LogP) is 4.43. The molecule has 1 aliphatic carbocycles. The number of rotatable bonds is 6. The number of H-pyrrole nitrogens is 1. The van der Waals surface area contributed by atoms with Crippen LogP contribution in [0.1, 0.15) is 25.0 Å². The molecule has 4 aromatic rings. The molecule has 0 spiro atoms. The van der Waals surface area contributed by atoms with Crippen LogP contribution in [0.3, 0.4) is 0 Å². The van der Waals surface area contributed by atoms with Gasteiger partial charge in [-0.15, -0.1) is 0 Å². The Balaban J connectivity index is 1.14. The summed E-state index contributed by atoms with van der Waals surface area (Å²) in [5.41, 5.74) is 6.48. The lowest BCUT2D eigenvalue weighted by Crippen LogP contribution is -2.41. The number of imidazole rings is 1. The molecular formula is C28H30N6O2. The molecule has 8 nitrogen and oxygen atoms in total. The van der Waals surface area contributed by atoms with Gasteiger partial charge in [-0.2, -0.15) is 0 Å². The van der Waals surface area contributed by atoms with E-state index in [9.17, 15) is 4.79 Å². The van der Waals surface area contributed by atoms with Gasteiger partial charge in [0.1, 0.15) is 6.10 Å². The van der Waals surface area contributed by atoms with Gasteiger partial charge in [0.05, 0.1) is 46.7 Å². The molecule has 1 atom stereocenters. The van der Waals surface area contributed by atoms with Crippen LogP contribution in [0.5, 0.6) is 0 Å². The molecule has 3 aromatic heterocycles. The lowest BCUT2D eigenvalue weighted by Gasteiger charge is -2.35. The first kappa shape index (κ1) is 22.7. The second-order valence-electron chi connectivity index (χ2n) is 10.0. The highest BCUT2D eigenvalue weighted by molar-refractivity contribution is 5.88. The summed E-state index contributed by atoms with van der Waals surface area (Å²) in [4.78, 5) is 31.8. The summed E-state index contributed by atoms with van der Waals surface area (Å²) in [5, 5.41) is 4.58. The number of nitrogens with one attached hydrogen (secondary N) is 2. The lowest BCUT2D eigenvalue weighted by molar-refractivity contribution is -0.156. The SMILES string of the molecule is Cc1cccc(-c2[nH]cnc2-c2ccc3ncc(N[C@H]4C[C@@H](C(=O)O[C@H]5CCN(C)C5)C4)cc3c2)n1. The van der Waals surface area contributed by atoms with Gasteiger partial charge in [-0.05, 0) is 63.6 Å². The van der Waals surface area contributed by atoms with Crippen LogP contribution in [-0.2, 0) is 9.53 Å². The summed E-state index contributed by atoms with van der Waals surface area (Å²) < 4.78 is 5.70. The lowest BCUT2D eigenvalue weighted by atomic mass is 9.80. The molecule has 6 rings (SSSR count). The zero-order valence-electron chi connectivity index (χ0n) is 20.6. The molecule has 1 saturated carbocycles. The second kappa shape index (κ2) is 9.35. The van der Waals surface area contributed by atoms with E-state index in [1.807, 2.05) is 43.5 Å². The maximum absolute atomic E-state index is 12.5. The number of aryl methyl sites for hydroxylation is 1. The summed E-state index contributed by atoms with van der Waals surface area (Å²) in [7, 11) is 2.06. The molecule has 1 aliphatic heterocycles. The fourth-order valence-electron chi connectivity index (χ4n) is 5.16. The van der Waals surface area contributed by atoms with Crippen molar-refractivity contribution in [2.24, 2.45) is 5.92 Å². The van der Waals surface area contributed by atoms with Crippen LogP contribution in [0.4, 0.5) is 5.69 Å². The first-order valence-corrected chi connectivity index (χ1v) is 12.5. The van der Waals surface area contributed by atoms with Crippen LogP contribution in [0.2, 0.25) is 0 Å². The zero-order valence-corrected chi connectivity index (χ0v) is 20.6. The van der Waals surface area contributed by atoms with Gasteiger partial charge < -0.3 is 19.9 Å². The van der Waals surface area contributed by atoms with Gasteiger partial charge in [-0.1, -0.05) is 12.1 Å². The highest BCUT2D eigenvalue weighted by Gasteiger charge is 2.37. The molecule has 184 valence electrons. The molecule has 8 heteroatoms. The molecule has 1 saturated heterocycles. The average molecular weight is 483 g/mol. The Morgan fingerprint density at radius 3 is 2.86 bits per heavy atom. The average Bonchev–Trinajstić information content (AvgIpc) is 3.49. The van der Waals surface area contributed by atoms with Crippen LogP contribution in [0, 0.1) is 12.8 Å². The van der Waals surface area contributed by atoms with Crippen LogP contribution in [0.25, 0.3) is 33.5 Å². The molecule has 1 aromatic carbocycles. The van der Waals surface area contributed by atoms with Crippen LogP contribution in [-0.4, -0.2) is 63.1 Å². The Hall–Kier alpha value is -3.78. The first-order valence-electron chi connectivity index (χ1n) is 12.5. The normalized spacial score (nSPS) is 21.9. The van der Waals surface area contributed by atoms with Crippen LogP contribution < -0.4 is 5.32 Å². The number of likely N-dealkylation sites (tertiary alicyclic amines) is 1. The fourth-order valence-corrected chi connectivity index (χ4v) is 5.16. The minimum absolute atomic E-state index is 0.0123. The maximum Gasteiger partial charge on any atom is 0.309 e. The molecule has 4 heterocycles. The quantitative estimate of drug-likeness (QED) is 0.393. The van der Waals surface area contributed by atoms with E-state index in [1.54, 1.807) is 6.33 Å². The number of fused-ring (bicyclic) bond motifs is 1. The summed E-state index contributed by atoms with van der Waals surface area (Å²) in [6.45, 7) is 3.82. The van der Waals surface area contributed by atoms with E-state index in [1.165, 1.54) is 0 Å². The minimum Gasteiger partial charge on any atom is -0.461 e. The third kappa shape index (κ3) is 4.56. The number of aromatic amines is 1. The number of likely N-dealkylation sites (N-methyl/N-ethyl adjacent to an activating group) is 1. The number of pyridine rings is 2. The van der Waals surface area contributed by atoms with E-state index >= 15 is 0 Å². The molecule has 2 fully saturated rings. The number of hydrogen-bond acceptors (Lipinski definition) is 7. The Bertz CT molecular complexity index is 1410. The third-order valence-corrected chi connectivity index (χ3v) is 7.21. The van der Waals surface area contributed by atoms with Crippen molar-refractivity contribution in [3.8, 4) is 22.6 Å². The summed E-state index contributed by atoms with van der Waals surface area (Å²) in [6, 6.07) is 14.5. The highest BCUT2D eigenvalue weighted by Crippen LogP contribution is 2.34. The van der Waals surface area contributed by atoms with E-state index in [-0.39, 0.29) is 24.0 Å². The summed E-state index contributed by atoms with van der Waals surface area (Å²) in [6.07, 6.45) is 6.13. The van der Waals surface area contributed by atoms with Gasteiger partial charge in [0, 0.05) is 35.8 Å². The van der Waals surface area contributed by atoms with E-state index in [2.05, 4.69) is 49.3 Å². The van der Waals surface area contributed by atoms with Gasteiger partial charge >= 0.3 is 5.97 Å².